The van der Waals surface area contributed by atoms with Crippen LogP contribution >= 0.6 is 0 Å². The van der Waals surface area contributed by atoms with Gasteiger partial charge in [0, 0.05) is 75.0 Å². The maximum Gasteiger partial charge on any atom is 0.269 e. The Morgan fingerprint density at radius 1 is 1.08 bits per heavy atom. The average molecular weight is 862 g/mol. The molecule has 1 saturated carbocycles. The Balaban J connectivity index is 1.41. The summed E-state index contributed by atoms with van der Waals surface area (Å²) in [7, 11) is 0. The van der Waals surface area contributed by atoms with Crippen molar-refractivity contribution in [2.24, 2.45) is 22.9 Å². The van der Waals surface area contributed by atoms with Crippen molar-refractivity contribution < 1.29 is 39.0 Å². The van der Waals surface area contributed by atoms with Crippen LogP contribution in [0, 0.1) is 39.2 Å². The fourth-order valence-corrected chi connectivity index (χ4v) is 9.72. The largest absolute Gasteiger partial charge is 0.492 e. The summed E-state index contributed by atoms with van der Waals surface area (Å²) >= 11 is 0. The molecule has 63 heavy (non-hydrogen) atoms. The van der Waals surface area contributed by atoms with Crippen LogP contribution in [0.1, 0.15) is 91.3 Å². The highest BCUT2D eigenvalue weighted by Gasteiger charge is 2.65. The minimum absolute atomic E-state index is 0.0231. The number of nitro benzene ring substituents is 1. The number of hydrogen-bond acceptors (Lipinski definition) is 12. The van der Waals surface area contributed by atoms with Crippen LogP contribution in [0.4, 0.5) is 5.69 Å². The van der Waals surface area contributed by atoms with Crippen molar-refractivity contribution >= 4 is 17.3 Å². The van der Waals surface area contributed by atoms with Gasteiger partial charge in [0.2, 0.25) is 5.79 Å². The fraction of sp³-hybridized carbons (Fsp3) is 0.490. The summed E-state index contributed by atoms with van der Waals surface area (Å²) in [6, 6.07) is 20.2. The zero-order valence-corrected chi connectivity index (χ0v) is 36.1. The van der Waals surface area contributed by atoms with Crippen molar-refractivity contribution in [2.45, 2.75) is 82.6 Å². The molecule has 2 aliphatic carbocycles. The molecule has 0 aromatic heterocycles. The van der Waals surface area contributed by atoms with Crippen LogP contribution in [0.15, 0.2) is 96.2 Å². The molecule has 2 aliphatic heterocycles. The van der Waals surface area contributed by atoms with E-state index in [-0.39, 0.29) is 62.2 Å². The highest BCUT2D eigenvalue weighted by molar-refractivity contribution is 6.03. The first-order valence-electron chi connectivity index (χ1n) is 22.3. The molecule has 0 radical (unpaired) electrons. The highest BCUT2D eigenvalue weighted by Crippen LogP contribution is 2.62. The zero-order chi connectivity index (χ0) is 44.3. The Hall–Kier alpha value is -5.59. The minimum atomic E-state index is -1.43. The van der Waals surface area contributed by atoms with Crippen molar-refractivity contribution in [3.63, 3.8) is 0 Å². The standard InChI is InChI=1S/C49H59N5O9/c1-3-21-53(48(57)36-15-11-34(32-50)12-16-36)45-31-43(51-62-33-35-13-17-38(18-14-35)54(58)59)41-29-37(9-5-7-25-55)40(10-6-8-26-56)46-42-30-39(60-28-24-52-22-23-52)19-20-44(42)63-49(45,47(41)46)61-27-4-2/h4,11-20,29-30,37,40,45-47,55-56H,2-3,5-10,21-28,31,33H2,1H3. The molecule has 0 bridgehead atoms. The van der Waals surface area contributed by atoms with E-state index in [4.69, 9.17) is 24.2 Å². The first-order chi connectivity index (χ1) is 30.7. The molecular weight excluding hydrogens is 803 g/mol. The number of nitrogens with zero attached hydrogens (tertiary/aromatic N) is 5. The molecule has 1 amide bonds. The van der Waals surface area contributed by atoms with Crippen molar-refractivity contribution in [1.82, 2.24) is 9.80 Å². The van der Waals surface area contributed by atoms with Crippen LogP contribution in [-0.4, -0.2) is 101 Å². The molecule has 6 atom stereocenters. The lowest BCUT2D eigenvalue weighted by Gasteiger charge is -2.60. The monoisotopic (exact) mass is 861 g/mol. The second kappa shape index (κ2) is 21.2. The SMILES string of the molecule is C=CCOC12Oc3ccc(OCCN4CC4)cc3C3C(CCCCO)C(CCCCO)C=C(C(=NOCc4ccc([N+](=O)[O-])cc4)CC1N(CCC)C(=O)c1ccc(C#N)cc1)C32. The van der Waals surface area contributed by atoms with E-state index in [2.05, 4.69) is 29.7 Å². The second-order valence-corrected chi connectivity index (χ2v) is 16.8. The molecule has 3 aromatic rings. The Morgan fingerprint density at radius 3 is 2.49 bits per heavy atom. The molecule has 334 valence electrons. The molecule has 4 aliphatic rings. The number of nitriles is 1. The minimum Gasteiger partial charge on any atom is -0.492 e. The smallest absolute Gasteiger partial charge is 0.269 e. The molecule has 14 heteroatoms. The zero-order valence-electron chi connectivity index (χ0n) is 36.1. The van der Waals surface area contributed by atoms with E-state index in [1.807, 2.05) is 24.0 Å². The predicted molar refractivity (Wildman–Crippen MR) is 237 cm³/mol. The van der Waals surface area contributed by atoms with Gasteiger partial charge in [-0.2, -0.15) is 5.26 Å². The normalized spacial score (nSPS) is 23.9. The number of amides is 1. The van der Waals surface area contributed by atoms with Crippen molar-refractivity contribution in [3.8, 4) is 17.6 Å². The van der Waals surface area contributed by atoms with Gasteiger partial charge in [-0.3, -0.25) is 19.8 Å². The van der Waals surface area contributed by atoms with Gasteiger partial charge in [-0.1, -0.05) is 37.1 Å². The van der Waals surface area contributed by atoms with Crippen LogP contribution in [-0.2, 0) is 16.2 Å². The second-order valence-electron chi connectivity index (χ2n) is 16.8. The first-order valence-corrected chi connectivity index (χ1v) is 22.3. The van der Waals surface area contributed by atoms with Crippen LogP contribution in [0.3, 0.4) is 0 Å². The number of oxime groups is 1. The molecular formula is C49H59N5O9. The van der Waals surface area contributed by atoms with Crippen molar-refractivity contribution in [2.75, 3.05) is 52.6 Å². The van der Waals surface area contributed by atoms with E-state index >= 15 is 0 Å². The van der Waals surface area contributed by atoms with Crippen LogP contribution in [0.5, 0.6) is 11.5 Å². The fourth-order valence-electron chi connectivity index (χ4n) is 9.72. The van der Waals surface area contributed by atoms with E-state index in [0.717, 1.165) is 62.2 Å². The average Bonchev–Trinajstić information content (AvgIpc) is 4.13. The Morgan fingerprint density at radius 2 is 1.83 bits per heavy atom. The lowest BCUT2D eigenvalue weighted by atomic mass is 9.55. The number of aliphatic hydroxyl groups is 2. The Bertz CT molecular complexity index is 2170. The molecule has 1 saturated heterocycles. The number of carbonyl (C=O) groups is 1. The predicted octanol–water partition coefficient (Wildman–Crippen LogP) is 7.55. The number of fused-ring (bicyclic) bond motifs is 2. The highest BCUT2D eigenvalue weighted by atomic mass is 16.7. The molecule has 2 N–H and O–H groups in total. The van der Waals surface area contributed by atoms with Crippen molar-refractivity contribution in [3.05, 3.63) is 123 Å². The van der Waals surface area contributed by atoms with Crippen molar-refractivity contribution in [1.29, 1.82) is 5.26 Å². The number of nitro groups is 1. The topological polar surface area (TPSA) is 180 Å². The molecule has 3 aromatic carbocycles. The van der Waals surface area contributed by atoms with Crippen LogP contribution in [0.25, 0.3) is 0 Å². The summed E-state index contributed by atoms with van der Waals surface area (Å²) in [5, 5.41) is 45.7. The van der Waals surface area contributed by atoms with Crippen LogP contribution in [0.2, 0.25) is 0 Å². The summed E-state index contributed by atoms with van der Waals surface area (Å²) in [4.78, 5) is 36.2. The summed E-state index contributed by atoms with van der Waals surface area (Å²) in [5.74, 6) is -0.932. The molecule has 14 nitrogen and oxygen atoms in total. The third kappa shape index (κ3) is 10.3. The number of carbonyl (C=O) groups excluding carboxylic acids is 1. The van der Waals surface area contributed by atoms with Crippen LogP contribution < -0.4 is 9.47 Å². The van der Waals surface area contributed by atoms with E-state index in [1.165, 1.54) is 12.1 Å². The number of ether oxygens (including phenoxy) is 3. The molecule has 6 unspecified atom stereocenters. The number of unbranched alkanes of at least 4 members (excludes halogenated alkanes) is 2. The van der Waals surface area contributed by atoms with Gasteiger partial charge in [0.1, 0.15) is 30.8 Å². The quantitative estimate of drug-likeness (QED) is 0.0316. The van der Waals surface area contributed by atoms with Gasteiger partial charge in [0.25, 0.3) is 11.6 Å². The molecule has 0 spiro atoms. The Labute approximate surface area is 369 Å². The van der Waals surface area contributed by atoms with Gasteiger partial charge < -0.3 is 34.2 Å². The van der Waals surface area contributed by atoms with Gasteiger partial charge in [0.05, 0.1) is 34.8 Å². The lowest BCUT2D eigenvalue weighted by Crippen LogP contribution is -2.70. The summed E-state index contributed by atoms with van der Waals surface area (Å²) in [6.45, 7) is 10.3. The number of rotatable bonds is 23. The summed E-state index contributed by atoms with van der Waals surface area (Å²) in [6.07, 6.45) is 9.31. The van der Waals surface area contributed by atoms with Gasteiger partial charge >= 0.3 is 0 Å². The number of hydrogen-bond donors (Lipinski definition) is 2. The van der Waals surface area contributed by atoms with E-state index in [0.29, 0.717) is 60.6 Å². The Kier molecular flexibility index (Phi) is 15.3. The molecule has 2 fully saturated rings. The number of benzene rings is 3. The summed E-state index contributed by atoms with van der Waals surface area (Å²) < 4.78 is 20.8. The third-order valence-electron chi connectivity index (χ3n) is 12.8. The van der Waals surface area contributed by atoms with Gasteiger partial charge in [0.15, 0.2) is 0 Å². The number of non-ortho nitro benzene ring substituents is 1. The van der Waals surface area contributed by atoms with Gasteiger partial charge in [-0.15, -0.1) is 6.58 Å². The maximum atomic E-state index is 14.9. The molecule has 7 rings (SSSR count). The van der Waals surface area contributed by atoms with Gasteiger partial charge in [-0.25, -0.2) is 0 Å². The first kappa shape index (κ1) is 45.4. The van der Waals surface area contributed by atoms with Gasteiger partial charge in [-0.05, 0) is 110 Å². The van der Waals surface area contributed by atoms with E-state index < -0.39 is 22.7 Å². The maximum absolute atomic E-state index is 14.9. The molecule has 2 heterocycles. The third-order valence-corrected chi connectivity index (χ3v) is 12.8. The van der Waals surface area contributed by atoms with E-state index in [9.17, 15) is 30.4 Å². The summed E-state index contributed by atoms with van der Waals surface area (Å²) in [5.41, 5.74) is 4.05. The number of allylic oxidation sites excluding steroid dienone is 1. The number of aliphatic hydroxyl groups excluding tert-OH is 2. The van der Waals surface area contributed by atoms with E-state index in [1.54, 1.807) is 42.5 Å². The lowest BCUT2D eigenvalue weighted by molar-refractivity contribution is -0.384.